The number of hydrogen-bond donors (Lipinski definition) is 1. The van der Waals surface area contributed by atoms with Gasteiger partial charge in [-0.25, -0.2) is 12.8 Å². The van der Waals surface area contributed by atoms with Crippen molar-refractivity contribution in [1.29, 1.82) is 0 Å². The van der Waals surface area contributed by atoms with Crippen LogP contribution in [0.4, 0.5) is 17.6 Å². The summed E-state index contributed by atoms with van der Waals surface area (Å²) in [5, 5.41) is 5.20. The van der Waals surface area contributed by atoms with Crippen LogP contribution in [0.1, 0.15) is 34.6 Å². The van der Waals surface area contributed by atoms with Gasteiger partial charge in [0.1, 0.15) is 11.5 Å². The Morgan fingerprint density at radius 1 is 1.28 bits per heavy atom. The number of rotatable bonds is 6. The van der Waals surface area contributed by atoms with Crippen molar-refractivity contribution < 1.29 is 30.8 Å². The predicted octanol–water partition coefficient (Wildman–Crippen LogP) is 3.03. The number of nitrogens with zero attached hydrogens (tertiary/aromatic N) is 2. The largest absolute Gasteiger partial charge is 0.435 e. The molecule has 3 rings (SSSR count). The molecule has 2 heterocycles. The highest BCUT2D eigenvalue weighted by atomic mass is 32.2. The van der Waals surface area contributed by atoms with Gasteiger partial charge in [0.15, 0.2) is 15.5 Å². The van der Waals surface area contributed by atoms with Gasteiger partial charge in [-0.1, -0.05) is 18.2 Å². The third-order valence-electron chi connectivity index (χ3n) is 4.84. The molecule has 1 aliphatic rings. The quantitative estimate of drug-likeness (QED) is 0.710. The molecule has 29 heavy (non-hydrogen) atoms. The molecule has 6 nitrogen and oxygen atoms in total. The standard InChI is InChI=1S/C18H19F4N3O3S/c19-14-4-2-1-3-13(14)10-25(7-5-12-6-8-29(27,28)11-12)17(26)15-9-16(24-23-15)18(20,21)22/h1-4,9,12H,5-8,10-11H2,(H,23,24). The van der Waals surface area contributed by atoms with Crippen molar-refractivity contribution in [3.05, 3.63) is 53.1 Å². The SMILES string of the molecule is O=C(c1cc(C(F)(F)F)n[nH]1)N(CCC1CCS(=O)(=O)C1)Cc1ccccc1F. The van der Waals surface area contributed by atoms with Crippen molar-refractivity contribution in [3.63, 3.8) is 0 Å². The summed E-state index contributed by atoms with van der Waals surface area (Å²) in [5.41, 5.74) is -1.39. The number of carbonyl (C=O) groups is 1. The lowest BCUT2D eigenvalue weighted by Crippen LogP contribution is -2.33. The van der Waals surface area contributed by atoms with Gasteiger partial charge in [0.05, 0.1) is 11.5 Å². The third kappa shape index (κ3) is 5.34. The number of aromatic amines is 1. The van der Waals surface area contributed by atoms with Gasteiger partial charge < -0.3 is 4.90 Å². The smallest absolute Gasteiger partial charge is 0.333 e. The Hall–Kier alpha value is -2.43. The average Bonchev–Trinajstić information content (AvgIpc) is 3.26. The van der Waals surface area contributed by atoms with E-state index < -0.39 is 33.4 Å². The van der Waals surface area contributed by atoms with E-state index in [2.05, 4.69) is 10.2 Å². The molecule has 0 saturated carbocycles. The molecular formula is C18H19F4N3O3S. The van der Waals surface area contributed by atoms with E-state index in [1.165, 1.54) is 23.1 Å². The lowest BCUT2D eigenvalue weighted by Gasteiger charge is -2.24. The first-order valence-corrected chi connectivity index (χ1v) is 10.7. The normalized spacial score (nSPS) is 18.7. The van der Waals surface area contributed by atoms with Crippen molar-refractivity contribution >= 4 is 15.7 Å². The number of hydrogen-bond acceptors (Lipinski definition) is 4. The maximum absolute atomic E-state index is 14.0. The van der Waals surface area contributed by atoms with Gasteiger partial charge in [-0.2, -0.15) is 18.3 Å². The molecule has 158 valence electrons. The molecule has 0 spiro atoms. The van der Waals surface area contributed by atoms with Gasteiger partial charge in [0.25, 0.3) is 5.91 Å². The molecule has 1 aromatic carbocycles. The first-order chi connectivity index (χ1) is 13.5. The Morgan fingerprint density at radius 2 is 2.00 bits per heavy atom. The molecule has 0 bridgehead atoms. The van der Waals surface area contributed by atoms with Crippen LogP contribution in [-0.4, -0.2) is 47.5 Å². The lowest BCUT2D eigenvalue weighted by molar-refractivity contribution is -0.141. The van der Waals surface area contributed by atoms with Crippen molar-refractivity contribution in [2.75, 3.05) is 18.1 Å². The Balaban J connectivity index is 1.79. The highest BCUT2D eigenvalue weighted by Gasteiger charge is 2.35. The summed E-state index contributed by atoms with van der Waals surface area (Å²) in [6.07, 6.45) is -3.89. The molecule has 1 fully saturated rings. The summed E-state index contributed by atoms with van der Waals surface area (Å²) < 4.78 is 75.6. The van der Waals surface area contributed by atoms with Crippen LogP contribution in [-0.2, 0) is 22.6 Å². The molecule has 0 radical (unpaired) electrons. The van der Waals surface area contributed by atoms with E-state index in [-0.39, 0.29) is 41.8 Å². The zero-order valence-electron chi connectivity index (χ0n) is 15.2. The Kier molecular flexibility index (Phi) is 5.97. The van der Waals surface area contributed by atoms with E-state index in [9.17, 15) is 30.8 Å². The molecule has 0 aliphatic carbocycles. The van der Waals surface area contributed by atoms with Crippen LogP contribution in [0.3, 0.4) is 0 Å². The number of sulfone groups is 1. The molecule has 1 amide bonds. The van der Waals surface area contributed by atoms with Crippen LogP contribution in [0.15, 0.2) is 30.3 Å². The van der Waals surface area contributed by atoms with Crippen LogP contribution < -0.4 is 0 Å². The van der Waals surface area contributed by atoms with Gasteiger partial charge in [0.2, 0.25) is 0 Å². The Morgan fingerprint density at radius 3 is 2.59 bits per heavy atom. The molecule has 1 saturated heterocycles. The number of aromatic nitrogens is 2. The lowest BCUT2D eigenvalue weighted by atomic mass is 10.0. The third-order valence-corrected chi connectivity index (χ3v) is 6.68. The van der Waals surface area contributed by atoms with Gasteiger partial charge in [-0.15, -0.1) is 0 Å². The number of alkyl halides is 3. The van der Waals surface area contributed by atoms with Crippen LogP contribution in [0.25, 0.3) is 0 Å². The van der Waals surface area contributed by atoms with Crippen molar-refractivity contribution in [2.24, 2.45) is 5.92 Å². The minimum absolute atomic E-state index is 0.0109. The molecule has 1 N–H and O–H groups in total. The predicted molar refractivity (Wildman–Crippen MR) is 96.1 cm³/mol. The van der Waals surface area contributed by atoms with Gasteiger partial charge in [-0.3, -0.25) is 9.89 Å². The first-order valence-electron chi connectivity index (χ1n) is 8.91. The molecule has 2 aromatic rings. The summed E-state index contributed by atoms with van der Waals surface area (Å²) in [6, 6.07) is 6.38. The van der Waals surface area contributed by atoms with Crippen LogP contribution in [0, 0.1) is 11.7 Å². The number of benzene rings is 1. The highest BCUT2D eigenvalue weighted by Crippen LogP contribution is 2.28. The molecule has 1 atom stereocenters. The number of halogens is 4. The topological polar surface area (TPSA) is 83.1 Å². The Labute approximate surface area is 164 Å². The summed E-state index contributed by atoms with van der Waals surface area (Å²) in [4.78, 5) is 14.0. The van der Waals surface area contributed by atoms with Crippen LogP contribution in [0.5, 0.6) is 0 Å². The number of carbonyl (C=O) groups excluding carboxylic acids is 1. The second-order valence-corrected chi connectivity index (χ2v) is 9.27. The number of H-pyrrole nitrogens is 1. The fraction of sp³-hybridized carbons (Fsp3) is 0.444. The average molecular weight is 433 g/mol. The van der Waals surface area contributed by atoms with E-state index >= 15 is 0 Å². The van der Waals surface area contributed by atoms with E-state index in [1.807, 2.05) is 0 Å². The summed E-state index contributed by atoms with van der Waals surface area (Å²) >= 11 is 0. The van der Waals surface area contributed by atoms with E-state index in [0.717, 1.165) is 0 Å². The van der Waals surface area contributed by atoms with E-state index in [4.69, 9.17) is 0 Å². The zero-order valence-corrected chi connectivity index (χ0v) is 16.1. The molecule has 1 aliphatic heterocycles. The van der Waals surface area contributed by atoms with Crippen LogP contribution >= 0.6 is 0 Å². The van der Waals surface area contributed by atoms with E-state index in [1.54, 1.807) is 6.07 Å². The summed E-state index contributed by atoms with van der Waals surface area (Å²) in [7, 11) is -3.10. The van der Waals surface area contributed by atoms with Crippen molar-refractivity contribution in [2.45, 2.75) is 25.6 Å². The van der Waals surface area contributed by atoms with Gasteiger partial charge in [-0.05, 0) is 24.8 Å². The summed E-state index contributed by atoms with van der Waals surface area (Å²) in [6.45, 7) is -0.0843. The fourth-order valence-electron chi connectivity index (χ4n) is 3.27. The zero-order chi connectivity index (χ0) is 21.2. The van der Waals surface area contributed by atoms with E-state index in [0.29, 0.717) is 18.9 Å². The summed E-state index contributed by atoms with van der Waals surface area (Å²) in [5.74, 6) is -1.37. The van der Waals surface area contributed by atoms with Gasteiger partial charge in [0, 0.05) is 24.7 Å². The van der Waals surface area contributed by atoms with Crippen molar-refractivity contribution in [3.8, 4) is 0 Å². The second-order valence-electron chi connectivity index (χ2n) is 7.04. The van der Waals surface area contributed by atoms with Crippen molar-refractivity contribution in [1.82, 2.24) is 15.1 Å². The minimum atomic E-state index is -4.70. The molecule has 1 unspecified atom stereocenters. The number of nitrogens with one attached hydrogen (secondary N) is 1. The molecular weight excluding hydrogens is 414 g/mol. The maximum Gasteiger partial charge on any atom is 0.435 e. The van der Waals surface area contributed by atoms with Crippen LogP contribution in [0.2, 0.25) is 0 Å². The molecule has 11 heteroatoms. The molecule has 1 aromatic heterocycles. The first kappa shape index (κ1) is 21.3. The fourth-order valence-corrected chi connectivity index (χ4v) is 5.18. The Bertz CT molecular complexity index is 988. The second kappa shape index (κ2) is 8.13. The highest BCUT2D eigenvalue weighted by molar-refractivity contribution is 7.91. The van der Waals surface area contributed by atoms with Gasteiger partial charge >= 0.3 is 6.18 Å². The number of amides is 1. The maximum atomic E-state index is 14.0. The minimum Gasteiger partial charge on any atom is -0.333 e. The monoisotopic (exact) mass is 433 g/mol.